The molecule has 0 aromatic rings. The molecule has 0 fully saturated rings. The molecule has 0 unspecified atom stereocenters. The van der Waals surface area contributed by atoms with Gasteiger partial charge in [-0.15, -0.1) is 0 Å². The van der Waals surface area contributed by atoms with Crippen molar-refractivity contribution in [1.82, 2.24) is 0 Å². The van der Waals surface area contributed by atoms with Crippen LogP contribution in [0.25, 0.3) is 0 Å². The minimum Gasteiger partial charge on any atom is -0.462 e. The molecule has 42 heavy (non-hydrogen) atoms. The summed E-state index contributed by atoms with van der Waals surface area (Å²) >= 11 is 0. The predicted molar refractivity (Wildman–Crippen MR) is 188 cm³/mol. The first kappa shape index (κ1) is 41.2. The van der Waals surface area contributed by atoms with Crippen LogP contribution in [0.2, 0.25) is 0 Å². The van der Waals surface area contributed by atoms with E-state index in [-0.39, 0.29) is 5.97 Å². The first-order valence-electron chi connectivity index (χ1n) is 19.6. The van der Waals surface area contributed by atoms with Crippen LogP contribution in [0.4, 0.5) is 0 Å². The molecule has 0 atom stereocenters. The third-order valence-electron chi connectivity index (χ3n) is 9.10. The number of carbonyl (C=O) groups is 1. The molecule has 250 valence electrons. The Kier molecular flexibility index (Phi) is 34.0. The van der Waals surface area contributed by atoms with E-state index in [2.05, 4.69) is 27.7 Å². The van der Waals surface area contributed by atoms with Gasteiger partial charge < -0.3 is 4.74 Å². The number of esters is 1. The molecule has 0 aliphatic heterocycles. The van der Waals surface area contributed by atoms with E-state index in [1.165, 1.54) is 179 Å². The van der Waals surface area contributed by atoms with E-state index in [9.17, 15) is 4.79 Å². The average molecular weight is 591 g/mol. The lowest BCUT2D eigenvalue weighted by atomic mass is 9.92. The topological polar surface area (TPSA) is 26.3 Å². The first-order valence-corrected chi connectivity index (χ1v) is 19.6. The Balaban J connectivity index is 4.98. The van der Waals surface area contributed by atoms with Crippen molar-refractivity contribution in [2.75, 3.05) is 6.61 Å². The summed E-state index contributed by atoms with van der Waals surface area (Å²) in [5, 5.41) is 0. The maximum Gasteiger partial charge on any atom is 0.333 e. The second kappa shape index (κ2) is 34.7. The highest BCUT2D eigenvalue weighted by atomic mass is 16.5. The Morgan fingerprint density at radius 2 is 0.643 bits per heavy atom. The third-order valence-corrected chi connectivity index (χ3v) is 9.10. The number of ether oxygens (including phenoxy) is 1. The van der Waals surface area contributed by atoms with E-state index >= 15 is 0 Å². The van der Waals surface area contributed by atoms with Gasteiger partial charge in [-0.1, -0.05) is 194 Å². The zero-order valence-corrected chi connectivity index (χ0v) is 29.7. The Labute approximate surface area is 266 Å². The summed E-state index contributed by atoms with van der Waals surface area (Å²) in [6.45, 7) is 9.74. The Hall–Kier alpha value is -0.790. The number of rotatable bonds is 34. The van der Waals surface area contributed by atoms with Crippen LogP contribution < -0.4 is 0 Å². The molecule has 0 bridgehead atoms. The zero-order valence-electron chi connectivity index (χ0n) is 29.7. The zero-order chi connectivity index (χ0) is 30.8. The van der Waals surface area contributed by atoms with Crippen LogP contribution in [-0.2, 0) is 9.53 Å². The molecule has 0 aromatic heterocycles. The number of hydrogen-bond donors (Lipinski definition) is 0. The SMILES string of the molecule is CCCCCCCCCCCCCC(CCCCCCCC)=C(CCCCCCCC)C(=O)OCCCCCCCC. The Bertz CT molecular complexity index is 578. The van der Waals surface area contributed by atoms with Gasteiger partial charge in [0, 0.05) is 5.57 Å². The van der Waals surface area contributed by atoms with E-state index in [0.29, 0.717) is 6.61 Å². The highest BCUT2D eigenvalue weighted by Gasteiger charge is 2.17. The summed E-state index contributed by atoms with van der Waals surface area (Å²) in [4.78, 5) is 13.5. The van der Waals surface area contributed by atoms with Crippen LogP contribution in [0.1, 0.15) is 233 Å². The van der Waals surface area contributed by atoms with Crippen LogP contribution >= 0.6 is 0 Å². The van der Waals surface area contributed by atoms with E-state index in [4.69, 9.17) is 4.74 Å². The first-order chi connectivity index (χ1) is 20.7. The summed E-state index contributed by atoms with van der Waals surface area (Å²) in [5.41, 5.74) is 2.54. The quantitative estimate of drug-likeness (QED) is 0.0423. The van der Waals surface area contributed by atoms with Crippen molar-refractivity contribution >= 4 is 5.97 Å². The molecule has 0 rings (SSSR count). The maximum atomic E-state index is 13.5. The fourth-order valence-electron chi connectivity index (χ4n) is 6.19. The standard InChI is InChI=1S/C40H78O2/c1-5-9-13-17-21-22-23-24-25-27-31-35-38(34-30-26-18-14-10-6-2)39(36-32-28-19-15-11-7-3)40(41)42-37-33-29-20-16-12-8-4/h5-37H2,1-4H3. The van der Waals surface area contributed by atoms with Gasteiger partial charge in [0.05, 0.1) is 6.61 Å². The van der Waals surface area contributed by atoms with Gasteiger partial charge in [-0.25, -0.2) is 4.79 Å². The molecule has 0 aliphatic rings. The van der Waals surface area contributed by atoms with Crippen molar-refractivity contribution < 1.29 is 9.53 Å². The van der Waals surface area contributed by atoms with Gasteiger partial charge in [0.2, 0.25) is 0 Å². The van der Waals surface area contributed by atoms with E-state index in [0.717, 1.165) is 37.7 Å². The van der Waals surface area contributed by atoms with Gasteiger partial charge in [0.1, 0.15) is 0 Å². The molecule has 0 spiro atoms. The monoisotopic (exact) mass is 591 g/mol. The summed E-state index contributed by atoms with van der Waals surface area (Å²) in [6, 6.07) is 0. The van der Waals surface area contributed by atoms with Gasteiger partial charge in [0.15, 0.2) is 0 Å². The molecule has 0 heterocycles. The third kappa shape index (κ3) is 28.0. The van der Waals surface area contributed by atoms with Crippen LogP contribution in [0.15, 0.2) is 11.1 Å². The summed E-state index contributed by atoms with van der Waals surface area (Å²) in [5.74, 6) is 0.0289. The Morgan fingerprint density at radius 1 is 0.357 bits per heavy atom. The number of hydrogen-bond acceptors (Lipinski definition) is 2. The average Bonchev–Trinajstić information content (AvgIpc) is 3.00. The molecule has 0 amide bonds. The highest BCUT2D eigenvalue weighted by molar-refractivity contribution is 5.89. The lowest BCUT2D eigenvalue weighted by Gasteiger charge is -2.16. The van der Waals surface area contributed by atoms with Gasteiger partial charge >= 0.3 is 5.97 Å². The predicted octanol–water partition coefficient (Wildman–Crippen LogP) is 14.4. The highest BCUT2D eigenvalue weighted by Crippen LogP contribution is 2.26. The van der Waals surface area contributed by atoms with Crippen molar-refractivity contribution in [2.24, 2.45) is 0 Å². The number of carbonyl (C=O) groups excluding carboxylic acids is 1. The van der Waals surface area contributed by atoms with Crippen LogP contribution in [0.3, 0.4) is 0 Å². The fraction of sp³-hybridized carbons (Fsp3) is 0.925. The van der Waals surface area contributed by atoms with Crippen molar-refractivity contribution in [3.05, 3.63) is 11.1 Å². The second-order valence-electron chi connectivity index (χ2n) is 13.3. The molecular formula is C40H78O2. The molecule has 0 aliphatic carbocycles. The van der Waals surface area contributed by atoms with E-state index < -0.39 is 0 Å². The molecule has 2 heteroatoms. The second-order valence-corrected chi connectivity index (χ2v) is 13.3. The smallest absolute Gasteiger partial charge is 0.333 e. The molecular weight excluding hydrogens is 512 g/mol. The van der Waals surface area contributed by atoms with Crippen molar-refractivity contribution in [3.63, 3.8) is 0 Å². The Morgan fingerprint density at radius 3 is 1.00 bits per heavy atom. The normalized spacial score (nSPS) is 12.1. The lowest BCUT2D eigenvalue weighted by molar-refractivity contribution is -0.139. The van der Waals surface area contributed by atoms with Crippen LogP contribution in [-0.4, -0.2) is 12.6 Å². The van der Waals surface area contributed by atoms with Crippen LogP contribution in [0, 0.1) is 0 Å². The molecule has 0 radical (unpaired) electrons. The summed E-state index contributed by atoms with van der Waals surface area (Å²) in [7, 11) is 0. The maximum absolute atomic E-state index is 13.5. The minimum absolute atomic E-state index is 0.0289. The molecule has 0 N–H and O–H groups in total. The van der Waals surface area contributed by atoms with Crippen molar-refractivity contribution in [1.29, 1.82) is 0 Å². The van der Waals surface area contributed by atoms with Gasteiger partial charge in [-0.2, -0.15) is 0 Å². The van der Waals surface area contributed by atoms with Crippen molar-refractivity contribution in [3.8, 4) is 0 Å². The minimum atomic E-state index is 0.0289. The fourth-order valence-corrected chi connectivity index (χ4v) is 6.19. The van der Waals surface area contributed by atoms with Gasteiger partial charge in [-0.3, -0.25) is 0 Å². The summed E-state index contributed by atoms with van der Waals surface area (Å²) < 4.78 is 5.96. The van der Waals surface area contributed by atoms with Gasteiger partial charge in [0.25, 0.3) is 0 Å². The molecule has 0 saturated heterocycles. The van der Waals surface area contributed by atoms with E-state index in [1.54, 1.807) is 0 Å². The number of unbranched alkanes of at least 4 members (excludes halogenated alkanes) is 25. The van der Waals surface area contributed by atoms with Crippen LogP contribution in [0.5, 0.6) is 0 Å². The molecule has 0 aromatic carbocycles. The molecule has 0 saturated carbocycles. The lowest BCUT2D eigenvalue weighted by Crippen LogP contribution is -2.12. The number of allylic oxidation sites excluding steroid dienone is 1. The van der Waals surface area contributed by atoms with Gasteiger partial charge in [-0.05, 0) is 44.9 Å². The van der Waals surface area contributed by atoms with E-state index in [1.807, 2.05) is 0 Å². The largest absolute Gasteiger partial charge is 0.462 e. The summed E-state index contributed by atoms with van der Waals surface area (Å²) in [6.07, 6.45) is 41.3. The van der Waals surface area contributed by atoms with Crippen molar-refractivity contribution in [2.45, 2.75) is 233 Å². The molecule has 2 nitrogen and oxygen atoms in total.